The van der Waals surface area contributed by atoms with Crippen molar-refractivity contribution in [2.24, 2.45) is 34.3 Å². The smallest absolute Gasteiger partial charge is 0.410 e. The van der Waals surface area contributed by atoms with Gasteiger partial charge in [0.15, 0.2) is 22.4 Å². The van der Waals surface area contributed by atoms with Crippen LogP contribution in [0.4, 0.5) is 20.5 Å². The Morgan fingerprint density at radius 1 is 0.660 bits per heavy atom. The van der Waals surface area contributed by atoms with Gasteiger partial charge in [0.05, 0.1) is 179 Å². The number of imide groups is 1. The zero-order chi connectivity index (χ0) is 101. The minimum Gasteiger partial charge on any atom is -0.491 e. The van der Waals surface area contributed by atoms with E-state index in [9.17, 15) is 61.2 Å². The number of ketones is 2. The normalized spacial score (nSPS) is 18.0. The Morgan fingerprint density at radius 3 is 1.83 bits per heavy atom. The van der Waals surface area contributed by atoms with E-state index in [0.717, 1.165) is 63.4 Å². The molecule has 4 aliphatic rings. The molecule has 4 unspecified atom stereocenters. The molecule has 7 aromatic rings. The van der Waals surface area contributed by atoms with Gasteiger partial charge in [-0.1, -0.05) is 107 Å². The third-order valence-electron chi connectivity index (χ3n) is 25.1. The summed E-state index contributed by atoms with van der Waals surface area (Å²) < 4.78 is 116. The summed E-state index contributed by atoms with van der Waals surface area (Å²) in [7, 11) is -2.92. The van der Waals surface area contributed by atoms with Crippen LogP contribution in [0.15, 0.2) is 121 Å². The number of hydrogen-bond donors (Lipinski definition) is 6. The number of amides is 7. The fourth-order valence-electron chi connectivity index (χ4n) is 19.0. The van der Waals surface area contributed by atoms with E-state index >= 15 is 0 Å². The van der Waals surface area contributed by atoms with Gasteiger partial charge in [-0.25, -0.2) is 24.4 Å². The third kappa shape index (κ3) is 35.4. The molecule has 4 aromatic carbocycles. The van der Waals surface area contributed by atoms with Crippen molar-refractivity contribution < 1.29 is 128 Å². The van der Waals surface area contributed by atoms with E-state index in [4.69, 9.17) is 82.1 Å². The molecule has 38 nitrogen and oxygen atoms in total. The number of Topliss-reactive ketones (excluding diaryl/α,β-unsaturated/α-hetero) is 2. The maximum Gasteiger partial charge on any atom is 0.410 e. The van der Waals surface area contributed by atoms with Gasteiger partial charge in [-0.15, -0.1) is 0 Å². The lowest BCUT2D eigenvalue weighted by Crippen LogP contribution is -2.55. The molecule has 2 aliphatic carbocycles. The average Bonchev–Trinajstić information content (AvgIpc) is 1.50. The molecule has 2 bridgehead atoms. The van der Waals surface area contributed by atoms with E-state index in [1.807, 2.05) is 59.0 Å². The van der Waals surface area contributed by atoms with Gasteiger partial charge in [-0.2, -0.15) is 13.5 Å². The monoisotopic (exact) mass is 2000 g/mol. The lowest BCUT2D eigenvalue weighted by molar-refractivity contribution is -0.179. The number of nitrogens with one attached hydrogen (secondary N) is 3. The summed E-state index contributed by atoms with van der Waals surface area (Å²) >= 11 is 1.39. The molecule has 2 saturated carbocycles. The first-order valence-corrected chi connectivity index (χ1v) is 50.6. The summed E-state index contributed by atoms with van der Waals surface area (Å²) in [6.45, 7) is 22.1. The number of methoxy groups -OCH3 is 1. The number of ether oxygens (including phenoxy) is 14. The number of benzene rings is 4. The standard InChI is InChI=1S/C101H137N11O27S2/c1-70(2)80(60-87(114)85(112-90(115)27-28-91(112)116)58-73-21-23-77(24-22-73)137-56-55-136-54-53-135-52-51-134-50-49-133-48-47-132-46-45-131-44-43-130-42-41-129-40-39-128-38-37-127-36-35-126-7)94(118)105-83(15-11-30-103-96(102)121)86(113)59-74-17-19-75(20-18-74)65-138-98(122)109(33-57-141(123,124)125)32-34-139-101-62-71(3)61-99(5,67-101)66-100(6,68-101)69-111-72(4)81(63-104-111)78-25-26-89(107-92(78)95(119)120)110-31-29-76-12-10-13-79(82(76)64-110)93(117)108-97-106-84-14-8-9-16-88(84)140-97/h8-10,12-14,16-28,63,70-71,80,83,85H,11,15,29-62,64-69H2,1-7H3,(H,105,118)(H,119,120)(H3,102,103,121)(H,106,108,117)(H,123,124,125)/t71?,80-,83-,85-,99?,100?,101?/m0/s1. The average molecular weight is 2000 g/mol. The van der Waals surface area contributed by atoms with Gasteiger partial charge in [-0.3, -0.25) is 48.2 Å². The fraction of sp³-hybridized carbons (Fsp3) is 0.564. The molecule has 5 heterocycles. The maximum atomic E-state index is 14.6. The van der Waals surface area contributed by atoms with Crippen molar-refractivity contribution >= 4 is 95.9 Å². The highest BCUT2D eigenvalue weighted by Crippen LogP contribution is 2.60. The predicted octanol–water partition coefficient (Wildman–Crippen LogP) is 10.3. The first kappa shape index (κ1) is 111. The first-order chi connectivity index (χ1) is 67.9. The van der Waals surface area contributed by atoms with E-state index in [2.05, 4.69) is 41.7 Å². The highest BCUT2D eigenvalue weighted by Gasteiger charge is 2.56. The molecule has 7 amide bonds. The van der Waals surface area contributed by atoms with Crippen LogP contribution in [0.5, 0.6) is 5.75 Å². The van der Waals surface area contributed by atoms with E-state index < -0.39 is 111 Å². The Hall–Kier alpha value is -10.7. The molecule has 0 radical (unpaired) electrons. The molecule has 7 atom stereocenters. The van der Waals surface area contributed by atoms with E-state index in [1.165, 1.54) is 16.2 Å². The van der Waals surface area contributed by atoms with E-state index in [0.29, 0.717) is 221 Å². The molecular formula is C101H137N11O27S2. The second-order valence-electron chi connectivity index (χ2n) is 36.9. The number of nitrogens with zero attached hydrogens (tertiary/aromatic N) is 7. The minimum atomic E-state index is -4.55. The zero-order valence-corrected chi connectivity index (χ0v) is 83.4. The summed E-state index contributed by atoms with van der Waals surface area (Å²) in [5, 5.41) is 24.5. The molecule has 141 heavy (non-hydrogen) atoms. The van der Waals surface area contributed by atoms with Crippen LogP contribution in [-0.2, 0) is 135 Å². The van der Waals surface area contributed by atoms with Crippen molar-refractivity contribution in [3.05, 3.63) is 166 Å². The Kier molecular flexibility index (Phi) is 43.8. The van der Waals surface area contributed by atoms with Crippen LogP contribution in [0.3, 0.4) is 0 Å². The van der Waals surface area contributed by atoms with Crippen molar-refractivity contribution in [2.45, 2.75) is 150 Å². The number of carbonyl (C=O) groups is 9. The second kappa shape index (κ2) is 55.8. The van der Waals surface area contributed by atoms with Crippen LogP contribution in [0.25, 0.3) is 21.3 Å². The van der Waals surface area contributed by atoms with Gasteiger partial charge in [0, 0.05) is 106 Å². The number of pyridine rings is 1. The molecular weight excluding hydrogens is 1860 g/mol. The summed E-state index contributed by atoms with van der Waals surface area (Å²) in [6, 6.07) is 27.1. The quantitative estimate of drug-likeness (QED) is 0.0117. The van der Waals surface area contributed by atoms with Crippen molar-refractivity contribution in [1.82, 2.24) is 40.2 Å². The van der Waals surface area contributed by atoms with E-state index in [-0.39, 0.29) is 88.1 Å². The molecule has 11 rings (SSSR count). The topological polar surface area (TPSA) is 473 Å². The number of thiazole rings is 1. The largest absolute Gasteiger partial charge is 0.491 e. The molecule has 2 fully saturated rings. The number of aromatic carboxylic acids is 1. The van der Waals surface area contributed by atoms with Gasteiger partial charge in [-0.05, 0) is 151 Å². The maximum absolute atomic E-state index is 14.6. The predicted molar refractivity (Wildman–Crippen MR) is 524 cm³/mol. The number of primary amides is 1. The van der Waals surface area contributed by atoms with Gasteiger partial charge in [0.2, 0.25) is 5.91 Å². The summed E-state index contributed by atoms with van der Waals surface area (Å²) in [5.74, 6) is -5.58. The zero-order valence-electron chi connectivity index (χ0n) is 81.8. The minimum absolute atomic E-state index is 0.00764. The number of carboxylic acid groups (broad SMARTS) is 1. The van der Waals surface area contributed by atoms with Crippen molar-refractivity contribution in [1.29, 1.82) is 0 Å². The number of aromatic nitrogens is 4. The molecule has 0 saturated heterocycles. The van der Waals surface area contributed by atoms with Crippen LogP contribution >= 0.6 is 11.3 Å². The Balaban J connectivity index is 0.603. The number of carbonyl (C=O) groups excluding carboxylic acids is 8. The van der Waals surface area contributed by atoms with Crippen LogP contribution in [-0.4, -0.2) is 310 Å². The summed E-state index contributed by atoms with van der Waals surface area (Å²) in [4.78, 5) is 137. The number of nitrogens with two attached hydrogens (primary N) is 1. The first-order valence-electron chi connectivity index (χ1n) is 48.2. The lowest BCUT2D eigenvalue weighted by atomic mass is 9.51. The van der Waals surface area contributed by atoms with Crippen LogP contribution < -0.4 is 31.3 Å². The molecule has 7 N–H and O–H groups in total. The van der Waals surface area contributed by atoms with Gasteiger partial charge in [0.25, 0.3) is 27.8 Å². The number of anilines is 2. The molecule has 2 aliphatic heterocycles. The Bertz CT molecular complexity index is 5340. The molecule has 40 heteroatoms. The van der Waals surface area contributed by atoms with Gasteiger partial charge in [0.1, 0.15) is 30.8 Å². The number of urea groups is 1. The number of carboxylic acids is 1. The highest BCUT2D eigenvalue weighted by atomic mass is 32.2. The van der Waals surface area contributed by atoms with Crippen LogP contribution in [0.1, 0.15) is 140 Å². The van der Waals surface area contributed by atoms with Crippen molar-refractivity contribution in [2.75, 3.05) is 201 Å². The van der Waals surface area contributed by atoms with Crippen molar-refractivity contribution in [3.63, 3.8) is 0 Å². The van der Waals surface area contributed by atoms with Crippen molar-refractivity contribution in [3.8, 4) is 16.9 Å². The molecule has 770 valence electrons. The third-order valence-corrected chi connectivity index (χ3v) is 26.7. The molecule has 3 aromatic heterocycles. The number of rotatable bonds is 66. The summed E-state index contributed by atoms with van der Waals surface area (Å²) in [5.41, 5.74) is 10.4. The SMILES string of the molecule is COCCOCCOCCOCCOCCOCCOCCOCCOCCOCCOCCOc1ccc(C[C@@H](C(=O)C[C@H](C(=O)N[C@@H](CCCNC(N)=O)C(=O)Cc2ccc(COC(=O)N(CCOC34CC(C)CC(C)(CC(C)(Cn5ncc(-c6ccc(N7CCc8cccc(C(=O)Nc9nc%10ccccc%10s9)c8C7)nc6C(=O)O)c5C)C3)C4)CCS(=O)(=O)O)cc2)C(C)C)N2C(=O)C=CC2=O)cc1. The number of para-hydroxylation sites is 1. The highest BCUT2D eigenvalue weighted by molar-refractivity contribution is 7.85. The number of hydrogen-bond acceptors (Lipinski definition) is 30. The van der Waals surface area contributed by atoms with Crippen LogP contribution in [0, 0.1) is 35.5 Å². The van der Waals surface area contributed by atoms with Crippen LogP contribution in [0.2, 0.25) is 0 Å². The lowest BCUT2D eigenvalue weighted by Gasteiger charge is -2.58. The fourth-order valence-corrected chi connectivity index (χ4v) is 20.3. The van der Waals surface area contributed by atoms with Gasteiger partial charge >= 0.3 is 18.1 Å². The Morgan fingerprint density at radius 2 is 1.25 bits per heavy atom. The summed E-state index contributed by atoms with van der Waals surface area (Å²) in [6.07, 6.45) is 6.93. The van der Waals surface area contributed by atoms with Gasteiger partial charge < -0.3 is 97.6 Å². The second-order valence-corrected chi connectivity index (χ2v) is 39.5. The number of fused-ring (bicyclic) bond motifs is 4. The Labute approximate surface area is 827 Å². The molecule has 0 spiro atoms. The van der Waals surface area contributed by atoms with E-state index in [1.54, 1.807) is 87.8 Å².